The van der Waals surface area contributed by atoms with Gasteiger partial charge in [0.1, 0.15) is 24.0 Å². The minimum Gasteiger partial charge on any atom is -0.488 e. The van der Waals surface area contributed by atoms with Gasteiger partial charge in [0.05, 0.1) is 15.6 Å². The zero-order valence-electron chi connectivity index (χ0n) is 10.3. The molecule has 0 amide bonds. The summed E-state index contributed by atoms with van der Waals surface area (Å²) in [6.07, 6.45) is 0. The van der Waals surface area contributed by atoms with Gasteiger partial charge in [-0.15, -0.1) is 0 Å². The Morgan fingerprint density at radius 3 is 2.45 bits per heavy atom. The van der Waals surface area contributed by atoms with Crippen LogP contribution in [-0.4, -0.2) is 5.84 Å². The van der Waals surface area contributed by atoms with Crippen molar-refractivity contribution in [2.24, 2.45) is 5.73 Å². The molecule has 0 aliphatic heterocycles. The quantitative estimate of drug-likeness (QED) is 0.662. The van der Waals surface area contributed by atoms with Gasteiger partial charge in [-0.3, -0.25) is 5.41 Å². The van der Waals surface area contributed by atoms with E-state index >= 15 is 0 Å². The van der Waals surface area contributed by atoms with Crippen LogP contribution in [0.15, 0.2) is 36.4 Å². The number of rotatable bonds is 4. The van der Waals surface area contributed by atoms with E-state index in [1.165, 1.54) is 12.1 Å². The molecule has 0 aliphatic carbocycles. The SMILES string of the molecule is N=C(N)c1c(Cl)cccc1OCc1c(F)cccc1Cl. The van der Waals surface area contributed by atoms with E-state index in [0.29, 0.717) is 10.8 Å². The van der Waals surface area contributed by atoms with Gasteiger partial charge >= 0.3 is 0 Å². The largest absolute Gasteiger partial charge is 0.488 e. The van der Waals surface area contributed by atoms with Crippen molar-refractivity contribution in [2.45, 2.75) is 6.61 Å². The second-order valence-corrected chi connectivity index (χ2v) is 4.83. The number of ether oxygens (including phenoxy) is 1. The number of nitrogen functional groups attached to an aromatic ring is 1. The van der Waals surface area contributed by atoms with E-state index in [0.717, 1.165) is 0 Å². The molecule has 0 saturated heterocycles. The Morgan fingerprint density at radius 2 is 1.80 bits per heavy atom. The van der Waals surface area contributed by atoms with Crippen molar-refractivity contribution in [1.29, 1.82) is 5.41 Å². The third kappa shape index (κ3) is 3.03. The third-order valence-electron chi connectivity index (χ3n) is 2.68. The van der Waals surface area contributed by atoms with E-state index in [2.05, 4.69) is 0 Å². The van der Waals surface area contributed by atoms with Crippen molar-refractivity contribution in [1.82, 2.24) is 0 Å². The highest BCUT2D eigenvalue weighted by Gasteiger charge is 2.13. The first kappa shape index (κ1) is 14.6. The average Bonchev–Trinajstić information content (AvgIpc) is 2.37. The summed E-state index contributed by atoms with van der Waals surface area (Å²) in [7, 11) is 0. The predicted molar refractivity (Wildman–Crippen MR) is 78.2 cm³/mol. The van der Waals surface area contributed by atoms with Crippen molar-refractivity contribution in [3.63, 3.8) is 0 Å². The minimum absolute atomic E-state index is 0.0773. The van der Waals surface area contributed by atoms with E-state index in [9.17, 15) is 4.39 Å². The molecule has 3 N–H and O–H groups in total. The number of halogens is 3. The first-order valence-corrected chi connectivity index (χ1v) is 6.45. The van der Waals surface area contributed by atoms with Crippen LogP contribution < -0.4 is 10.5 Å². The van der Waals surface area contributed by atoms with Gasteiger partial charge in [-0.05, 0) is 24.3 Å². The molecule has 0 fully saturated rings. The fourth-order valence-electron chi connectivity index (χ4n) is 1.71. The van der Waals surface area contributed by atoms with E-state index in [4.69, 9.17) is 39.1 Å². The highest BCUT2D eigenvalue weighted by molar-refractivity contribution is 6.34. The van der Waals surface area contributed by atoms with E-state index in [1.54, 1.807) is 24.3 Å². The number of hydrogen-bond acceptors (Lipinski definition) is 2. The minimum atomic E-state index is -0.455. The normalized spacial score (nSPS) is 10.3. The van der Waals surface area contributed by atoms with Crippen molar-refractivity contribution < 1.29 is 9.13 Å². The van der Waals surface area contributed by atoms with Gasteiger partial charge in [0, 0.05) is 5.56 Å². The first-order chi connectivity index (χ1) is 9.50. The molecule has 0 spiro atoms. The second-order valence-electron chi connectivity index (χ2n) is 4.02. The van der Waals surface area contributed by atoms with Crippen LogP contribution in [0.4, 0.5) is 4.39 Å². The maximum atomic E-state index is 13.6. The third-order valence-corrected chi connectivity index (χ3v) is 3.35. The Bertz CT molecular complexity index is 641. The van der Waals surface area contributed by atoms with Crippen molar-refractivity contribution in [3.05, 3.63) is 63.4 Å². The van der Waals surface area contributed by atoms with Crippen LogP contribution in [0.25, 0.3) is 0 Å². The Balaban J connectivity index is 2.28. The molecule has 0 aliphatic rings. The summed E-state index contributed by atoms with van der Waals surface area (Å²) < 4.78 is 19.1. The van der Waals surface area contributed by atoms with Gasteiger partial charge in [-0.25, -0.2) is 4.39 Å². The van der Waals surface area contributed by atoms with E-state index in [1.807, 2.05) is 0 Å². The molecule has 0 radical (unpaired) electrons. The number of benzene rings is 2. The molecule has 104 valence electrons. The van der Waals surface area contributed by atoms with Crippen LogP contribution >= 0.6 is 23.2 Å². The summed E-state index contributed by atoms with van der Waals surface area (Å²) >= 11 is 11.9. The van der Waals surface area contributed by atoms with Gasteiger partial charge in [-0.1, -0.05) is 35.3 Å². The summed E-state index contributed by atoms with van der Waals surface area (Å²) in [6.45, 7) is -0.0773. The smallest absolute Gasteiger partial charge is 0.132 e. The average molecular weight is 313 g/mol. The van der Waals surface area contributed by atoms with Crippen molar-refractivity contribution in [3.8, 4) is 5.75 Å². The molecule has 3 nitrogen and oxygen atoms in total. The van der Waals surface area contributed by atoms with Gasteiger partial charge in [0.25, 0.3) is 0 Å². The predicted octanol–water partition coefficient (Wildman–Crippen LogP) is 4.00. The van der Waals surface area contributed by atoms with E-state index < -0.39 is 5.82 Å². The van der Waals surface area contributed by atoms with Gasteiger partial charge in [0.15, 0.2) is 0 Å². The Hall–Kier alpha value is -1.78. The maximum Gasteiger partial charge on any atom is 0.132 e. The fraction of sp³-hybridized carbons (Fsp3) is 0.0714. The summed E-state index contributed by atoms with van der Waals surface area (Å²) in [6, 6.07) is 9.26. The molecule has 2 aromatic carbocycles. The van der Waals surface area contributed by atoms with E-state index in [-0.39, 0.29) is 28.6 Å². The van der Waals surface area contributed by atoms with Crippen LogP contribution in [0.2, 0.25) is 10.0 Å². The van der Waals surface area contributed by atoms with Gasteiger partial charge in [-0.2, -0.15) is 0 Å². The van der Waals surface area contributed by atoms with Crippen molar-refractivity contribution in [2.75, 3.05) is 0 Å². The maximum absolute atomic E-state index is 13.6. The lowest BCUT2D eigenvalue weighted by Gasteiger charge is -2.13. The zero-order chi connectivity index (χ0) is 14.7. The van der Waals surface area contributed by atoms with Gasteiger partial charge in [0.2, 0.25) is 0 Å². The summed E-state index contributed by atoms with van der Waals surface area (Å²) in [5.41, 5.74) is 5.98. The highest BCUT2D eigenvalue weighted by Crippen LogP contribution is 2.28. The van der Waals surface area contributed by atoms with Crippen LogP contribution in [0, 0.1) is 11.2 Å². The molecular formula is C14H11Cl2FN2O. The Kier molecular flexibility index (Phi) is 4.47. The topological polar surface area (TPSA) is 59.1 Å². The lowest BCUT2D eigenvalue weighted by molar-refractivity contribution is 0.299. The number of amidine groups is 1. The highest BCUT2D eigenvalue weighted by atomic mass is 35.5. The lowest BCUT2D eigenvalue weighted by Crippen LogP contribution is -2.14. The molecule has 0 unspecified atom stereocenters. The molecule has 6 heteroatoms. The molecule has 2 aromatic rings. The van der Waals surface area contributed by atoms with Crippen LogP contribution in [0.3, 0.4) is 0 Å². The number of hydrogen-bond donors (Lipinski definition) is 2. The molecule has 0 saturated carbocycles. The standard InChI is InChI=1S/C14H11Cl2FN2O/c15-9-3-1-5-11(17)8(9)7-20-12-6-2-4-10(16)13(12)14(18)19/h1-6H,7H2,(H3,18,19). The fourth-order valence-corrected chi connectivity index (χ4v) is 2.19. The summed E-state index contributed by atoms with van der Waals surface area (Å²) in [5.74, 6) is -0.363. The monoisotopic (exact) mass is 312 g/mol. The molecule has 0 heterocycles. The second kappa shape index (κ2) is 6.11. The van der Waals surface area contributed by atoms with Crippen LogP contribution in [0.5, 0.6) is 5.75 Å². The van der Waals surface area contributed by atoms with Crippen molar-refractivity contribution >= 4 is 29.0 Å². The summed E-state index contributed by atoms with van der Waals surface area (Å²) in [4.78, 5) is 0. The number of nitrogens with two attached hydrogens (primary N) is 1. The molecule has 2 rings (SSSR count). The van der Waals surface area contributed by atoms with Gasteiger partial charge < -0.3 is 10.5 Å². The molecule has 0 aromatic heterocycles. The molecule has 0 bridgehead atoms. The molecule has 0 atom stereocenters. The molecular weight excluding hydrogens is 302 g/mol. The molecule has 20 heavy (non-hydrogen) atoms. The Morgan fingerprint density at radius 1 is 1.15 bits per heavy atom. The summed E-state index contributed by atoms with van der Waals surface area (Å²) in [5, 5.41) is 8.07. The van der Waals surface area contributed by atoms with Crippen LogP contribution in [0.1, 0.15) is 11.1 Å². The number of nitrogens with one attached hydrogen (secondary N) is 1. The zero-order valence-corrected chi connectivity index (χ0v) is 11.8. The lowest BCUT2D eigenvalue weighted by atomic mass is 10.2. The van der Waals surface area contributed by atoms with Crippen LogP contribution in [-0.2, 0) is 6.61 Å². The first-order valence-electron chi connectivity index (χ1n) is 5.69. The Labute approximate surface area is 125 Å².